The molecule has 1 unspecified atom stereocenters. The molecule has 0 aliphatic heterocycles. The predicted molar refractivity (Wildman–Crippen MR) is 85.9 cm³/mol. The highest BCUT2D eigenvalue weighted by Crippen LogP contribution is 2.33. The summed E-state index contributed by atoms with van der Waals surface area (Å²) in [6.07, 6.45) is 2.17. The van der Waals surface area contributed by atoms with Gasteiger partial charge in [0.05, 0.1) is 6.54 Å². The molecule has 1 aromatic carbocycles. The van der Waals surface area contributed by atoms with Crippen molar-refractivity contribution in [3.05, 3.63) is 58.3 Å². The fraction of sp³-hybridized carbons (Fsp3) is 0.353. The number of thiophene rings is 1. The number of hydrogen-bond acceptors (Lipinski definition) is 3. The van der Waals surface area contributed by atoms with Gasteiger partial charge in [-0.25, -0.2) is 0 Å². The molecule has 2 aromatic rings. The van der Waals surface area contributed by atoms with E-state index in [9.17, 15) is 4.79 Å². The topological polar surface area (TPSA) is 46.3 Å². The summed E-state index contributed by atoms with van der Waals surface area (Å²) < 4.78 is 0. The molecule has 1 fully saturated rings. The van der Waals surface area contributed by atoms with Gasteiger partial charge in [0.1, 0.15) is 5.54 Å². The van der Waals surface area contributed by atoms with Gasteiger partial charge in [-0.15, -0.1) is 11.3 Å². The lowest BCUT2D eigenvalue weighted by Crippen LogP contribution is -2.51. The van der Waals surface area contributed by atoms with E-state index in [4.69, 9.17) is 5.73 Å². The van der Waals surface area contributed by atoms with Gasteiger partial charge in [0, 0.05) is 10.9 Å². The number of carbonyl (C=O) groups is 1. The summed E-state index contributed by atoms with van der Waals surface area (Å²) in [5.41, 5.74) is 6.29. The van der Waals surface area contributed by atoms with Crippen molar-refractivity contribution in [1.82, 2.24) is 4.90 Å². The first-order chi connectivity index (χ1) is 10.1. The van der Waals surface area contributed by atoms with Crippen LogP contribution in [0.25, 0.3) is 0 Å². The van der Waals surface area contributed by atoms with E-state index in [1.807, 2.05) is 53.6 Å². The van der Waals surface area contributed by atoms with Crippen LogP contribution in [0.4, 0.5) is 0 Å². The lowest BCUT2D eigenvalue weighted by molar-refractivity contribution is -0.138. The van der Waals surface area contributed by atoms with Gasteiger partial charge in [-0.2, -0.15) is 0 Å². The van der Waals surface area contributed by atoms with Crippen molar-refractivity contribution in [2.75, 3.05) is 0 Å². The van der Waals surface area contributed by atoms with Crippen LogP contribution < -0.4 is 5.73 Å². The van der Waals surface area contributed by atoms with Gasteiger partial charge in [0.25, 0.3) is 0 Å². The third-order valence-corrected chi connectivity index (χ3v) is 4.83. The standard InChI is InChI=1S/C17H20N2OS/c1-17(18,13-6-3-2-4-7-13)16(20)19(14-9-10-14)12-15-8-5-11-21-15/h2-8,11,14H,9-10,12,18H2,1H3. The first kappa shape index (κ1) is 14.3. The van der Waals surface area contributed by atoms with Crippen molar-refractivity contribution < 1.29 is 4.79 Å². The van der Waals surface area contributed by atoms with Crippen LogP contribution in [0.15, 0.2) is 47.8 Å². The second-order valence-corrected chi connectivity index (χ2v) is 6.84. The van der Waals surface area contributed by atoms with E-state index in [1.165, 1.54) is 4.88 Å². The number of nitrogens with zero attached hydrogens (tertiary/aromatic N) is 1. The van der Waals surface area contributed by atoms with E-state index in [0.29, 0.717) is 12.6 Å². The Kier molecular flexibility index (Phi) is 3.83. The first-order valence-corrected chi connectivity index (χ1v) is 8.15. The minimum Gasteiger partial charge on any atom is -0.333 e. The Balaban J connectivity index is 1.83. The third kappa shape index (κ3) is 3.01. The minimum absolute atomic E-state index is 0.0181. The van der Waals surface area contributed by atoms with Gasteiger partial charge in [-0.1, -0.05) is 36.4 Å². The monoisotopic (exact) mass is 300 g/mol. The van der Waals surface area contributed by atoms with Gasteiger partial charge >= 0.3 is 0 Å². The van der Waals surface area contributed by atoms with Crippen LogP contribution in [0.1, 0.15) is 30.2 Å². The zero-order valence-electron chi connectivity index (χ0n) is 12.2. The number of amides is 1. The summed E-state index contributed by atoms with van der Waals surface area (Å²) in [7, 11) is 0. The molecule has 1 aliphatic carbocycles. The molecule has 110 valence electrons. The summed E-state index contributed by atoms with van der Waals surface area (Å²) in [6.45, 7) is 2.48. The lowest BCUT2D eigenvalue weighted by atomic mass is 9.91. The lowest BCUT2D eigenvalue weighted by Gasteiger charge is -2.32. The zero-order valence-corrected chi connectivity index (χ0v) is 13.0. The summed E-state index contributed by atoms with van der Waals surface area (Å²) in [6, 6.07) is 14.1. The van der Waals surface area contributed by atoms with Crippen molar-refractivity contribution in [3.63, 3.8) is 0 Å². The molecule has 0 bridgehead atoms. The number of nitrogens with two attached hydrogens (primary N) is 1. The normalized spacial score (nSPS) is 17.2. The fourth-order valence-corrected chi connectivity index (χ4v) is 3.23. The second kappa shape index (κ2) is 5.62. The maximum Gasteiger partial charge on any atom is 0.247 e. The number of benzene rings is 1. The van der Waals surface area contributed by atoms with Crippen molar-refractivity contribution in [2.24, 2.45) is 5.73 Å². The molecule has 1 aromatic heterocycles. The van der Waals surface area contributed by atoms with E-state index < -0.39 is 5.54 Å². The van der Waals surface area contributed by atoms with Gasteiger partial charge < -0.3 is 10.6 Å². The maximum absolute atomic E-state index is 13.0. The Morgan fingerprint density at radius 1 is 1.29 bits per heavy atom. The third-order valence-electron chi connectivity index (χ3n) is 3.97. The van der Waals surface area contributed by atoms with Crippen molar-refractivity contribution in [2.45, 2.75) is 37.9 Å². The SMILES string of the molecule is CC(N)(C(=O)N(Cc1cccs1)C1CC1)c1ccccc1. The van der Waals surface area contributed by atoms with Crippen LogP contribution in [-0.2, 0) is 16.9 Å². The highest BCUT2D eigenvalue weighted by molar-refractivity contribution is 7.09. The predicted octanol–water partition coefficient (Wildman–Crippen LogP) is 3.11. The van der Waals surface area contributed by atoms with Crippen LogP contribution in [0, 0.1) is 0 Å². The van der Waals surface area contributed by atoms with Crippen LogP contribution in [0.5, 0.6) is 0 Å². The summed E-state index contributed by atoms with van der Waals surface area (Å²) in [5.74, 6) is 0.0181. The first-order valence-electron chi connectivity index (χ1n) is 7.27. The van der Waals surface area contributed by atoms with Gasteiger partial charge in [0.2, 0.25) is 5.91 Å². The molecular weight excluding hydrogens is 280 g/mol. The summed E-state index contributed by atoms with van der Waals surface area (Å²) in [4.78, 5) is 16.1. The molecule has 1 saturated carbocycles. The average molecular weight is 300 g/mol. The largest absolute Gasteiger partial charge is 0.333 e. The molecule has 21 heavy (non-hydrogen) atoms. The van der Waals surface area contributed by atoms with Crippen LogP contribution >= 0.6 is 11.3 Å². The Labute approximate surface area is 129 Å². The molecule has 2 N–H and O–H groups in total. The molecule has 0 saturated heterocycles. The van der Waals surface area contributed by atoms with E-state index in [-0.39, 0.29) is 5.91 Å². The minimum atomic E-state index is -0.971. The second-order valence-electron chi connectivity index (χ2n) is 5.81. The molecule has 3 nitrogen and oxygen atoms in total. The molecule has 0 radical (unpaired) electrons. The molecule has 3 rings (SSSR count). The zero-order chi connectivity index (χ0) is 14.9. The van der Waals surface area contributed by atoms with E-state index in [2.05, 4.69) is 6.07 Å². The number of carbonyl (C=O) groups excluding carboxylic acids is 1. The Morgan fingerprint density at radius 2 is 2.00 bits per heavy atom. The van der Waals surface area contributed by atoms with Gasteiger partial charge in [-0.05, 0) is 36.8 Å². The Bertz CT molecular complexity index is 603. The highest BCUT2D eigenvalue weighted by Gasteiger charge is 2.41. The molecule has 0 spiro atoms. The molecule has 4 heteroatoms. The smallest absolute Gasteiger partial charge is 0.247 e. The maximum atomic E-state index is 13.0. The van der Waals surface area contributed by atoms with Crippen LogP contribution in [0.3, 0.4) is 0 Å². The van der Waals surface area contributed by atoms with Crippen LogP contribution in [-0.4, -0.2) is 16.8 Å². The molecule has 1 atom stereocenters. The number of hydrogen-bond donors (Lipinski definition) is 1. The summed E-state index contributed by atoms with van der Waals surface area (Å²) >= 11 is 1.69. The van der Waals surface area contributed by atoms with Crippen molar-refractivity contribution in [1.29, 1.82) is 0 Å². The molecule has 1 heterocycles. The highest BCUT2D eigenvalue weighted by atomic mass is 32.1. The molecular formula is C17H20N2OS. The Morgan fingerprint density at radius 3 is 2.57 bits per heavy atom. The van der Waals surface area contributed by atoms with Crippen molar-refractivity contribution >= 4 is 17.2 Å². The number of rotatable bonds is 5. The molecule has 1 aliphatic rings. The van der Waals surface area contributed by atoms with Crippen LogP contribution in [0.2, 0.25) is 0 Å². The van der Waals surface area contributed by atoms with E-state index >= 15 is 0 Å². The van der Waals surface area contributed by atoms with Gasteiger partial charge in [0.15, 0.2) is 0 Å². The van der Waals surface area contributed by atoms with E-state index in [0.717, 1.165) is 18.4 Å². The quantitative estimate of drug-likeness (QED) is 0.922. The molecule has 1 amide bonds. The van der Waals surface area contributed by atoms with Crippen molar-refractivity contribution in [3.8, 4) is 0 Å². The summed E-state index contributed by atoms with van der Waals surface area (Å²) in [5, 5.41) is 2.05. The fourth-order valence-electron chi connectivity index (χ4n) is 2.53. The Hall–Kier alpha value is -1.65. The average Bonchev–Trinajstić information content (AvgIpc) is 3.21. The van der Waals surface area contributed by atoms with E-state index in [1.54, 1.807) is 11.3 Å². The van der Waals surface area contributed by atoms with Gasteiger partial charge in [-0.3, -0.25) is 4.79 Å².